The van der Waals surface area contributed by atoms with Crippen LogP contribution in [0.1, 0.15) is 16.8 Å². The van der Waals surface area contributed by atoms with Crippen LogP contribution in [0.15, 0.2) is 64.5 Å². The molecule has 2 aromatic carbocycles. The first-order valence-electron chi connectivity index (χ1n) is 7.71. The molecule has 126 valence electrons. The Hall–Kier alpha value is -3.48. The summed E-state index contributed by atoms with van der Waals surface area (Å²) in [4.78, 5) is 14.0. The first kappa shape index (κ1) is 16.4. The number of aromatic nitrogens is 3. The number of H-pyrrole nitrogens is 1. The number of hydrazone groups is 1. The molecule has 3 aromatic rings. The van der Waals surface area contributed by atoms with E-state index < -0.39 is 0 Å². The van der Waals surface area contributed by atoms with Gasteiger partial charge in [0.2, 0.25) is 5.95 Å². The Balaban J connectivity index is 1.67. The zero-order valence-corrected chi connectivity index (χ0v) is 13.6. The number of nitrogens with one attached hydrogen (secondary N) is 2. The summed E-state index contributed by atoms with van der Waals surface area (Å²) in [7, 11) is 0. The molecular formula is C18H17N5O2. The van der Waals surface area contributed by atoms with Gasteiger partial charge in [0.25, 0.3) is 5.56 Å². The molecule has 0 unspecified atom stereocenters. The summed E-state index contributed by atoms with van der Waals surface area (Å²) in [5.41, 5.74) is 4.52. The lowest BCUT2D eigenvalue weighted by molar-refractivity contribution is 0.306. The number of aryl methyl sites for hydroxylation is 1. The number of benzene rings is 2. The Bertz CT molecular complexity index is 922. The van der Waals surface area contributed by atoms with Crippen molar-refractivity contribution < 1.29 is 4.74 Å². The molecule has 0 atom stereocenters. The fourth-order valence-corrected chi connectivity index (χ4v) is 2.06. The van der Waals surface area contributed by atoms with Crippen molar-refractivity contribution in [3.05, 3.63) is 81.8 Å². The van der Waals surface area contributed by atoms with Gasteiger partial charge in [-0.2, -0.15) is 5.10 Å². The summed E-state index contributed by atoms with van der Waals surface area (Å²) < 4.78 is 5.86. The van der Waals surface area contributed by atoms with Crippen molar-refractivity contribution in [1.29, 1.82) is 0 Å². The van der Waals surface area contributed by atoms with Crippen LogP contribution >= 0.6 is 0 Å². The third kappa shape index (κ3) is 4.51. The summed E-state index contributed by atoms with van der Waals surface area (Å²) in [6.07, 6.45) is 1.60. The van der Waals surface area contributed by atoms with E-state index >= 15 is 0 Å². The molecule has 0 aliphatic rings. The van der Waals surface area contributed by atoms with E-state index in [4.69, 9.17) is 4.74 Å². The summed E-state index contributed by atoms with van der Waals surface area (Å²) in [5.74, 6) is 0.884. The second kappa shape index (κ2) is 7.87. The van der Waals surface area contributed by atoms with Gasteiger partial charge in [-0.25, -0.2) is 5.43 Å². The lowest BCUT2D eigenvalue weighted by atomic mass is 10.2. The van der Waals surface area contributed by atoms with Gasteiger partial charge in [-0.15, -0.1) is 10.2 Å². The molecule has 0 radical (unpaired) electrons. The molecule has 0 aliphatic heterocycles. The Morgan fingerprint density at radius 3 is 2.68 bits per heavy atom. The summed E-state index contributed by atoms with van der Waals surface area (Å²) in [6, 6.07) is 17.5. The van der Waals surface area contributed by atoms with E-state index in [-0.39, 0.29) is 11.5 Å². The maximum absolute atomic E-state index is 11.5. The summed E-state index contributed by atoms with van der Waals surface area (Å²) >= 11 is 0. The van der Waals surface area contributed by atoms with E-state index in [0.29, 0.717) is 18.1 Å². The minimum absolute atomic E-state index is 0.175. The van der Waals surface area contributed by atoms with Crippen molar-refractivity contribution in [2.24, 2.45) is 5.10 Å². The molecule has 2 N–H and O–H groups in total. The van der Waals surface area contributed by atoms with Crippen molar-refractivity contribution in [3.63, 3.8) is 0 Å². The van der Waals surface area contributed by atoms with E-state index in [1.807, 2.05) is 54.6 Å². The number of nitrogens with zero attached hydrogens (tertiary/aromatic N) is 3. The Labute approximate surface area is 144 Å². The molecule has 0 amide bonds. The molecule has 1 aromatic heterocycles. The van der Waals surface area contributed by atoms with Crippen LogP contribution in [0.4, 0.5) is 5.95 Å². The van der Waals surface area contributed by atoms with E-state index in [1.54, 1.807) is 13.1 Å². The Morgan fingerprint density at radius 1 is 1.12 bits per heavy atom. The lowest BCUT2D eigenvalue weighted by Gasteiger charge is -2.08. The Kier molecular flexibility index (Phi) is 5.16. The minimum Gasteiger partial charge on any atom is -0.488 e. The molecule has 0 fully saturated rings. The van der Waals surface area contributed by atoms with E-state index in [9.17, 15) is 4.79 Å². The van der Waals surface area contributed by atoms with Crippen molar-refractivity contribution in [1.82, 2.24) is 15.2 Å². The number of hydrogen-bond acceptors (Lipinski definition) is 6. The SMILES string of the molecule is Cc1nnc(NN=Cc2ccccc2OCc2ccccc2)[nH]c1=O. The molecule has 0 aliphatic carbocycles. The Morgan fingerprint density at radius 2 is 1.88 bits per heavy atom. The largest absolute Gasteiger partial charge is 0.488 e. The second-order valence-electron chi connectivity index (χ2n) is 5.27. The molecule has 0 saturated heterocycles. The van der Waals surface area contributed by atoms with Crippen LogP contribution in [-0.4, -0.2) is 21.4 Å². The fraction of sp³-hybridized carbons (Fsp3) is 0.111. The molecule has 25 heavy (non-hydrogen) atoms. The van der Waals surface area contributed by atoms with Gasteiger partial charge in [-0.3, -0.25) is 9.78 Å². The van der Waals surface area contributed by atoms with Gasteiger partial charge in [0.1, 0.15) is 18.1 Å². The zero-order chi connectivity index (χ0) is 17.5. The maximum Gasteiger partial charge on any atom is 0.274 e. The number of anilines is 1. The maximum atomic E-state index is 11.5. The molecule has 0 saturated carbocycles. The molecular weight excluding hydrogens is 318 g/mol. The van der Waals surface area contributed by atoms with Crippen LogP contribution in [0.3, 0.4) is 0 Å². The molecule has 1 heterocycles. The van der Waals surface area contributed by atoms with E-state index in [2.05, 4.69) is 25.7 Å². The molecule has 3 rings (SSSR count). The average Bonchev–Trinajstić information content (AvgIpc) is 2.65. The predicted octanol–water partition coefficient (Wildman–Crippen LogP) is 2.50. The highest BCUT2D eigenvalue weighted by molar-refractivity contribution is 5.83. The van der Waals surface area contributed by atoms with Crippen LogP contribution in [0, 0.1) is 6.92 Å². The van der Waals surface area contributed by atoms with Crippen molar-refractivity contribution >= 4 is 12.2 Å². The van der Waals surface area contributed by atoms with E-state index in [0.717, 1.165) is 11.1 Å². The predicted molar refractivity (Wildman–Crippen MR) is 95.8 cm³/mol. The number of hydrogen-bond donors (Lipinski definition) is 2. The van der Waals surface area contributed by atoms with Crippen LogP contribution in [0.25, 0.3) is 0 Å². The number of rotatable bonds is 6. The summed E-state index contributed by atoms with van der Waals surface area (Å²) in [5, 5.41) is 11.6. The van der Waals surface area contributed by atoms with Gasteiger partial charge in [-0.05, 0) is 24.6 Å². The highest BCUT2D eigenvalue weighted by atomic mass is 16.5. The van der Waals surface area contributed by atoms with Gasteiger partial charge in [0.05, 0.1) is 6.21 Å². The van der Waals surface area contributed by atoms with Crippen molar-refractivity contribution in [2.75, 3.05) is 5.43 Å². The summed E-state index contributed by atoms with van der Waals surface area (Å²) in [6.45, 7) is 2.05. The minimum atomic E-state index is -0.306. The highest BCUT2D eigenvalue weighted by Gasteiger charge is 2.02. The van der Waals surface area contributed by atoms with Crippen LogP contribution < -0.4 is 15.7 Å². The molecule has 7 heteroatoms. The van der Waals surface area contributed by atoms with Crippen molar-refractivity contribution in [2.45, 2.75) is 13.5 Å². The third-order valence-electron chi connectivity index (χ3n) is 3.39. The van der Waals surface area contributed by atoms with E-state index in [1.165, 1.54) is 0 Å². The number of para-hydroxylation sites is 1. The lowest BCUT2D eigenvalue weighted by Crippen LogP contribution is -2.15. The molecule has 7 nitrogen and oxygen atoms in total. The number of ether oxygens (including phenoxy) is 1. The van der Waals surface area contributed by atoms with Crippen LogP contribution in [0.5, 0.6) is 5.75 Å². The molecule has 0 spiro atoms. The standard InChI is InChI=1S/C18H17N5O2/c1-13-17(24)20-18(23-21-13)22-19-11-15-9-5-6-10-16(15)25-12-14-7-3-2-4-8-14/h2-11H,12H2,1H3,(H2,20,22,23,24). The quantitative estimate of drug-likeness (QED) is 0.533. The monoisotopic (exact) mass is 335 g/mol. The third-order valence-corrected chi connectivity index (χ3v) is 3.39. The van der Waals surface area contributed by atoms with Gasteiger partial charge in [0, 0.05) is 5.56 Å². The molecule has 0 bridgehead atoms. The normalized spacial score (nSPS) is 10.8. The van der Waals surface area contributed by atoms with Crippen LogP contribution in [-0.2, 0) is 6.61 Å². The first-order chi connectivity index (χ1) is 12.2. The van der Waals surface area contributed by atoms with Gasteiger partial charge in [-0.1, -0.05) is 42.5 Å². The van der Waals surface area contributed by atoms with Crippen molar-refractivity contribution in [3.8, 4) is 5.75 Å². The fourth-order valence-electron chi connectivity index (χ4n) is 2.06. The zero-order valence-electron chi connectivity index (χ0n) is 13.6. The average molecular weight is 335 g/mol. The number of aromatic amines is 1. The van der Waals surface area contributed by atoms with Gasteiger partial charge >= 0.3 is 0 Å². The smallest absolute Gasteiger partial charge is 0.274 e. The van der Waals surface area contributed by atoms with Gasteiger partial charge in [0.15, 0.2) is 0 Å². The topological polar surface area (TPSA) is 92.3 Å². The van der Waals surface area contributed by atoms with Gasteiger partial charge < -0.3 is 4.74 Å². The first-order valence-corrected chi connectivity index (χ1v) is 7.71. The van der Waals surface area contributed by atoms with Crippen LogP contribution in [0.2, 0.25) is 0 Å². The highest BCUT2D eigenvalue weighted by Crippen LogP contribution is 2.17. The second-order valence-corrected chi connectivity index (χ2v) is 5.27.